The molecule has 0 heterocycles. The topological polar surface area (TPSA) is 0 Å². The summed E-state index contributed by atoms with van der Waals surface area (Å²) in [6.45, 7) is 16.8. The fourth-order valence-corrected chi connectivity index (χ4v) is 5.33. The van der Waals surface area contributed by atoms with Gasteiger partial charge in [0.15, 0.2) is 0 Å². The molecule has 6 atom stereocenters. The van der Waals surface area contributed by atoms with E-state index in [1.807, 2.05) is 0 Å². The lowest BCUT2D eigenvalue weighted by molar-refractivity contribution is 0.107. The molecule has 6 unspecified atom stereocenters. The smallest absolute Gasteiger partial charge is 0.0146 e. The molecule has 2 aliphatic rings. The maximum atomic E-state index is 4.60. The van der Waals surface area contributed by atoms with Crippen LogP contribution in [-0.4, -0.2) is 0 Å². The SMILES string of the molecule is C=C1C(CCCC)CC(C)C1C1CC(C(C)C)CCC1C. The standard InChI is InChI=1S/C21H38/c1-7-8-9-19-12-16(5)21(17(19)6)20-13-18(14(2)3)11-10-15(20)4/h14-16,18-21H,6-13H2,1-5H3. The fraction of sp³-hybridized carbons (Fsp3) is 0.905. The molecule has 0 heteroatoms. The third kappa shape index (κ3) is 3.74. The Morgan fingerprint density at radius 2 is 1.81 bits per heavy atom. The van der Waals surface area contributed by atoms with Crippen LogP contribution in [0.4, 0.5) is 0 Å². The van der Waals surface area contributed by atoms with E-state index in [9.17, 15) is 0 Å². The Morgan fingerprint density at radius 1 is 1.10 bits per heavy atom. The molecule has 0 amide bonds. The number of unbranched alkanes of at least 4 members (excludes halogenated alkanes) is 1. The average Bonchev–Trinajstić information content (AvgIpc) is 2.72. The molecule has 2 aliphatic carbocycles. The van der Waals surface area contributed by atoms with Gasteiger partial charge in [0, 0.05) is 0 Å². The van der Waals surface area contributed by atoms with Crippen molar-refractivity contribution in [3.8, 4) is 0 Å². The molecular formula is C21H38. The lowest BCUT2D eigenvalue weighted by atomic mass is 9.64. The number of rotatable bonds is 5. The molecule has 0 radical (unpaired) electrons. The molecule has 0 spiro atoms. The van der Waals surface area contributed by atoms with Gasteiger partial charge in [-0.05, 0) is 67.1 Å². The van der Waals surface area contributed by atoms with Crippen molar-refractivity contribution >= 4 is 0 Å². The van der Waals surface area contributed by atoms with E-state index in [4.69, 9.17) is 0 Å². The van der Waals surface area contributed by atoms with Gasteiger partial charge >= 0.3 is 0 Å². The molecule has 0 aromatic carbocycles. The molecule has 0 nitrogen and oxygen atoms in total. The molecule has 0 aromatic heterocycles. The molecule has 0 aliphatic heterocycles. The lowest BCUT2D eigenvalue weighted by Crippen LogP contribution is -2.33. The van der Waals surface area contributed by atoms with Crippen molar-refractivity contribution in [1.29, 1.82) is 0 Å². The van der Waals surface area contributed by atoms with Gasteiger partial charge in [-0.25, -0.2) is 0 Å². The number of hydrogen-bond acceptors (Lipinski definition) is 0. The zero-order valence-corrected chi connectivity index (χ0v) is 15.2. The van der Waals surface area contributed by atoms with Gasteiger partial charge in [-0.15, -0.1) is 0 Å². The summed E-state index contributed by atoms with van der Waals surface area (Å²) in [5, 5.41) is 0. The van der Waals surface area contributed by atoms with Crippen LogP contribution in [0.5, 0.6) is 0 Å². The average molecular weight is 291 g/mol. The summed E-state index contributed by atoms with van der Waals surface area (Å²) in [7, 11) is 0. The first kappa shape index (κ1) is 17.1. The molecule has 2 fully saturated rings. The fourth-order valence-electron chi connectivity index (χ4n) is 5.33. The van der Waals surface area contributed by atoms with E-state index in [1.165, 1.54) is 44.9 Å². The molecule has 0 N–H and O–H groups in total. The van der Waals surface area contributed by atoms with Crippen molar-refractivity contribution < 1.29 is 0 Å². The highest BCUT2D eigenvalue weighted by molar-refractivity contribution is 5.16. The first-order chi connectivity index (χ1) is 9.95. The first-order valence-electron chi connectivity index (χ1n) is 9.64. The largest absolute Gasteiger partial charge is 0.0993 e. The van der Waals surface area contributed by atoms with Crippen LogP contribution in [0.3, 0.4) is 0 Å². The predicted molar refractivity (Wildman–Crippen MR) is 94.3 cm³/mol. The Labute approximate surface area is 133 Å². The van der Waals surface area contributed by atoms with Gasteiger partial charge in [-0.3, -0.25) is 0 Å². The minimum Gasteiger partial charge on any atom is -0.0993 e. The molecule has 2 rings (SSSR count). The van der Waals surface area contributed by atoms with Crippen LogP contribution in [-0.2, 0) is 0 Å². The van der Waals surface area contributed by atoms with Crippen LogP contribution in [0.2, 0.25) is 0 Å². The van der Waals surface area contributed by atoms with Gasteiger partial charge in [0.05, 0.1) is 0 Å². The van der Waals surface area contributed by atoms with Crippen LogP contribution in [0.15, 0.2) is 12.2 Å². The summed E-state index contributed by atoms with van der Waals surface area (Å²) in [6.07, 6.45) is 9.90. The quantitative estimate of drug-likeness (QED) is 0.493. The summed E-state index contributed by atoms with van der Waals surface area (Å²) in [6, 6.07) is 0. The number of allylic oxidation sites excluding steroid dienone is 1. The van der Waals surface area contributed by atoms with Gasteiger partial charge in [-0.1, -0.05) is 66.0 Å². The second kappa shape index (κ2) is 7.34. The first-order valence-corrected chi connectivity index (χ1v) is 9.64. The Balaban J connectivity index is 2.06. The zero-order valence-electron chi connectivity index (χ0n) is 15.2. The highest BCUT2D eigenvalue weighted by atomic mass is 14.5. The van der Waals surface area contributed by atoms with Gasteiger partial charge in [-0.2, -0.15) is 0 Å². The third-order valence-electron chi connectivity index (χ3n) is 6.83. The van der Waals surface area contributed by atoms with E-state index in [-0.39, 0.29) is 0 Å². The molecule has 0 saturated heterocycles. The van der Waals surface area contributed by atoms with E-state index in [2.05, 4.69) is 41.2 Å². The van der Waals surface area contributed by atoms with Gasteiger partial charge in [0.1, 0.15) is 0 Å². The lowest BCUT2D eigenvalue weighted by Gasteiger charge is -2.41. The van der Waals surface area contributed by atoms with Gasteiger partial charge in [0.25, 0.3) is 0 Å². The Hall–Kier alpha value is -0.260. The van der Waals surface area contributed by atoms with Gasteiger partial charge < -0.3 is 0 Å². The van der Waals surface area contributed by atoms with Crippen molar-refractivity contribution in [3.05, 3.63) is 12.2 Å². The van der Waals surface area contributed by atoms with Crippen molar-refractivity contribution in [2.45, 2.75) is 79.6 Å². The predicted octanol–water partition coefficient (Wildman–Crippen LogP) is 6.71. The van der Waals surface area contributed by atoms with Crippen LogP contribution >= 0.6 is 0 Å². The Bertz CT molecular complexity index is 340. The molecule has 122 valence electrons. The van der Waals surface area contributed by atoms with E-state index in [1.54, 1.807) is 5.57 Å². The molecule has 2 saturated carbocycles. The summed E-state index contributed by atoms with van der Waals surface area (Å²) in [4.78, 5) is 0. The van der Waals surface area contributed by atoms with Gasteiger partial charge in [0.2, 0.25) is 0 Å². The second-order valence-corrected chi connectivity index (χ2v) is 8.61. The number of hydrogen-bond donors (Lipinski definition) is 0. The van der Waals surface area contributed by atoms with Crippen LogP contribution < -0.4 is 0 Å². The summed E-state index contributed by atoms with van der Waals surface area (Å²) in [5.74, 6) is 6.17. The van der Waals surface area contributed by atoms with Crippen molar-refractivity contribution in [3.63, 3.8) is 0 Å². The molecule has 0 aromatic rings. The Morgan fingerprint density at radius 3 is 2.43 bits per heavy atom. The maximum Gasteiger partial charge on any atom is -0.0146 e. The zero-order chi connectivity index (χ0) is 15.6. The summed E-state index contributed by atoms with van der Waals surface area (Å²) < 4.78 is 0. The van der Waals surface area contributed by atoms with E-state index >= 15 is 0 Å². The second-order valence-electron chi connectivity index (χ2n) is 8.61. The van der Waals surface area contributed by atoms with Crippen molar-refractivity contribution in [2.24, 2.45) is 41.4 Å². The third-order valence-corrected chi connectivity index (χ3v) is 6.83. The normalized spacial score (nSPS) is 41.0. The monoisotopic (exact) mass is 290 g/mol. The minimum absolute atomic E-state index is 0.823. The van der Waals surface area contributed by atoms with E-state index in [0.29, 0.717) is 0 Å². The maximum absolute atomic E-state index is 4.60. The minimum atomic E-state index is 0.823. The molecule has 21 heavy (non-hydrogen) atoms. The highest BCUT2D eigenvalue weighted by Crippen LogP contribution is 2.52. The van der Waals surface area contributed by atoms with Crippen LogP contribution in [0.1, 0.15) is 79.6 Å². The van der Waals surface area contributed by atoms with Crippen LogP contribution in [0.25, 0.3) is 0 Å². The summed E-state index contributed by atoms with van der Waals surface area (Å²) in [5.41, 5.74) is 1.64. The van der Waals surface area contributed by atoms with Crippen molar-refractivity contribution in [2.75, 3.05) is 0 Å². The van der Waals surface area contributed by atoms with E-state index < -0.39 is 0 Å². The van der Waals surface area contributed by atoms with Crippen molar-refractivity contribution in [1.82, 2.24) is 0 Å². The molecular weight excluding hydrogens is 252 g/mol. The Kier molecular flexibility index (Phi) is 5.97. The molecule has 0 bridgehead atoms. The highest BCUT2D eigenvalue weighted by Gasteiger charge is 2.43. The van der Waals surface area contributed by atoms with E-state index in [0.717, 1.165) is 41.4 Å². The summed E-state index contributed by atoms with van der Waals surface area (Å²) >= 11 is 0. The van der Waals surface area contributed by atoms with Crippen LogP contribution in [0, 0.1) is 41.4 Å².